The average Bonchev–Trinajstić information content (AvgIpc) is 2.81. The fourth-order valence-corrected chi connectivity index (χ4v) is 5.43. The Labute approximate surface area is 111 Å². The van der Waals surface area contributed by atoms with E-state index < -0.39 is 0 Å². The maximum atomic E-state index is 3.76. The molecule has 0 radical (unpaired) electrons. The predicted octanol–water partition coefficient (Wildman–Crippen LogP) is 2.78. The highest BCUT2D eigenvalue weighted by Gasteiger charge is 2.51. The van der Waals surface area contributed by atoms with Gasteiger partial charge in [0.15, 0.2) is 0 Å². The van der Waals surface area contributed by atoms with Crippen LogP contribution in [0.15, 0.2) is 0 Å². The van der Waals surface area contributed by atoms with Crippen molar-refractivity contribution in [3.63, 3.8) is 0 Å². The van der Waals surface area contributed by atoms with Gasteiger partial charge in [0.1, 0.15) is 0 Å². The Hall–Kier alpha value is -0.0800. The van der Waals surface area contributed by atoms with Crippen LogP contribution >= 0.6 is 0 Å². The fourth-order valence-electron chi connectivity index (χ4n) is 5.43. The topological polar surface area (TPSA) is 15.3 Å². The van der Waals surface area contributed by atoms with Gasteiger partial charge in [-0.3, -0.25) is 4.90 Å². The third-order valence-corrected chi connectivity index (χ3v) is 6.54. The zero-order chi connectivity index (χ0) is 12.0. The molecule has 2 aliphatic carbocycles. The summed E-state index contributed by atoms with van der Waals surface area (Å²) >= 11 is 0. The molecular formula is C16H28N2. The first-order valence-corrected chi connectivity index (χ1v) is 8.35. The lowest BCUT2D eigenvalue weighted by Gasteiger charge is -2.56. The minimum absolute atomic E-state index is 0.770. The smallest absolute Gasteiger partial charge is 0.0235 e. The predicted molar refractivity (Wildman–Crippen MR) is 74.6 cm³/mol. The van der Waals surface area contributed by atoms with Crippen molar-refractivity contribution in [2.45, 2.75) is 69.9 Å². The lowest BCUT2D eigenvalue weighted by atomic mass is 9.57. The minimum Gasteiger partial charge on any atom is -0.312 e. The molecule has 0 aromatic carbocycles. The Morgan fingerprint density at radius 2 is 1.78 bits per heavy atom. The fraction of sp³-hybridized carbons (Fsp3) is 1.00. The molecule has 18 heavy (non-hydrogen) atoms. The van der Waals surface area contributed by atoms with E-state index in [1.54, 1.807) is 0 Å². The number of nitrogens with zero attached hydrogens (tertiary/aromatic N) is 1. The second-order valence-electron chi connectivity index (χ2n) is 7.39. The third-order valence-electron chi connectivity index (χ3n) is 6.54. The molecule has 0 bridgehead atoms. The van der Waals surface area contributed by atoms with E-state index in [4.69, 9.17) is 0 Å². The summed E-state index contributed by atoms with van der Waals surface area (Å²) in [6, 6.07) is 1.80. The molecule has 2 saturated carbocycles. The number of piperidine rings is 1. The molecule has 1 unspecified atom stereocenters. The van der Waals surface area contributed by atoms with Crippen LogP contribution < -0.4 is 5.32 Å². The number of nitrogens with one attached hydrogen (secondary N) is 1. The van der Waals surface area contributed by atoms with Crippen LogP contribution in [0.3, 0.4) is 0 Å². The minimum atomic E-state index is 0.770. The average molecular weight is 248 g/mol. The van der Waals surface area contributed by atoms with E-state index in [9.17, 15) is 0 Å². The van der Waals surface area contributed by atoms with Crippen LogP contribution in [0.5, 0.6) is 0 Å². The summed E-state index contributed by atoms with van der Waals surface area (Å²) in [5.74, 6) is 0.972. The maximum absolute atomic E-state index is 3.76. The Kier molecular flexibility index (Phi) is 2.92. The lowest BCUT2D eigenvalue weighted by molar-refractivity contribution is -0.0448. The van der Waals surface area contributed by atoms with Crippen molar-refractivity contribution >= 4 is 0 Å². The summed E-state index contributed by atoms with van der Waals surface area (Å²) in [6.45, 7) is 4.03. The standard InChI is InChI=1S/C16H28N2/c1-2-7-16(8-3-1)9-6-15(16)18-11-13-5-4-10-17-14(13)12-18/h13-15,17H,1-12H2/t13-,14+,15?/m0/s1. The quantitative estimate of drug-likeness (QED) is 0.767. The molecule has 4 rings (SSSR count). The van der Waals surface area contributed by atoms with Gasteiger partial charge in [0.25, 0.3) is 0 Å². The van der Waals surface area contributed by atoms with Crippen molar-refractivity contribution < 1.29 is 0 Å². The van der Waals surface area contributed by atoms with Crippen molar-refractivity contribution in [2.75, 3.05) is 19.6 Å². The Bertz CT molecular complexity index is 294. The first kappa shape index (κ1) is 11.7. The van der Waals surface area contributed by atoms with Gasteiger partial charge < -0.3 is 5.32 Å². The van der Waals surface area contributed by atoms with Crippen LogP contribution in [0.4, 0.5) is 0 Å². The summed E-state index contributed by atoms with van der Waals surface area (Å²) in [6.07, 6.45) is 13.5. The van der Waals surface area contributed by atoms with E-state index in [2.05, 4.69) is 10.2 Å². The van der Waals surface area contributed by atoms with Gasteiger partial charge >= 0.3 is 0 Å². The van der Waals surface area contributed by atoms with Gasteiger partial charge in [0.2, 0.25) is 0 Å². The van der Waals surface area contributed by atoms with Gasteiger partial charge in [0.05, 0.1) is 0 Å². The summed E-state index contributed by atoms with van der Waals surface area (Å²) < 4.78 is 0. The van der Waals surface area contributed by atoms with Crippen molar-refractivity contribution in [1.82, 2.24) is 10.2 Å². The zero-order valence-electron chi connectivity index (χ0n) is 11.7. The highest BCUT2D eigenvalue weighted by molar-refractivity contribution is 5.06. The summed E-state index contributed by atoms with van der Waals surface area (Å²) in [4.78, 5) is 2.89. The lowest BCUT2D eigenvalue weighted by Crippen LogP contribution is -2.55. The van der Waals surface area contributed by atoms with E-state index in [1.165, 1.54) is 77.4 Å². The molecule has 2 heterocycles. The Morgan fingerprint density at radius 3 is 2.50 bits per heavy atom. The zero-order valence-corrected chi connectivity index (χ0v) is 11.7. The number of fused-ring (bicyclic) bond motifs is 1. The second kappa shape index (κ2) is 4.49. The molecule has 0 amide bonds. The highest BCUT2D eigenvalue weighted by atomic mass is 15.2. The van der Waals surface area contributed by atoms with Crippen LogP contribution in [-0.2, 0) is 0 Å². The molecule has 0 aromatic heterocycles. The first-order chi connectivity index (χ1) is 8.87. The normalized spacial score (nSPS) is 43.7. The molecule has 4 fully saturated rings. The van der Waals surface area contributed by atoms with Crippen molar-refractivity contribution in [3.05, 3.63) is 0 Å². The molecular weight excluding hydrogens is 220 g/mol. The highest BCUT2D eigenvalue weighted by Crippen LogP contribution is 2.54. The van der Waals surface area contributed by atoms with Gasteiger partial charge in [-0.25, -0.2) is 0 Å². The maximum Gasteiger partial charge on any atom is 0.0235 e. The van der Waals surface area contributed by atoms with Gasteiger partial charge in [-0.2, -0.15) is 0 Å². The van der Waals surface area contributed by atoms with Gasteiger partial charge in [-0.1, -0.05) is 19.3 Å². The van der Waals surface area contributed by atoms with Gasteiger partial charge in [0, 0.05) is 25.2 Å². The largest absolute Gasteiger partial charge is 0.312 e. The molecule has 2 aliphatic heterocycles. The van der Waals surface area contributed by atoms with E-state index in [0.717, 1.165) is 23.4 Å². The summed E-state index contributed by atoms with van der Waals surface area (Å²) in [5.41, 5.74) is 0.770. The van der Waals surface area contributed by atoms with E-state index in [0.29, 0.717) is 0 Å². The Balaban J connectivity index is 1.44. The van der Waals surface area contributed by atoms with Crippen LogP contribution in [-0.4, -0.2) is 36.6 Å². The number of hydrogen-bond donors (Lipinski definition) is 1. The van der Waals surface area contributed by atoms with Crippen LogP contribution in [0.2, 0.25) is 0 Å². The number of likely N-dealkylation sites (tertiary alicyclic amines) is 1. The molecule has 4 aliphatic rings. The van der Waals surface area contributed by atoms with Gasteiger partial charge in [-0.15, -0.1) is 0 Å². The van der Waals surface area contributed by atoms with E-state index in [1.807, 2.05) is 0 Å². The Morgan fingerprint density at radius 1 is 0.889 bits per heavy atom. The molecule has 3 atom stereocenters. The van der Waals surface area contributed by atoms with Crippen LogP contribution in [0, 0.1) is 11.3 Å². The van der Waals surface area contributed by atoms with Crippen molar-refractivity contribution in [1.29, 1.82) is 0 Å². The molecule has 1 N–H and O–H groups in total. The number of hydrogen-bond acceptors (Lipinski definition) is 2. The summed E-state index contributed by atoms with van der Waals surface area (Å²) in [7, 11) is 0. The third kappa shape index (κ3) is 1.76. The van der Waals surface area contributed by atoms with Crippen molar-refractivity contribution in [2.24, 2.45) is 11.3 Å². The number of rotatable bonds is 1. The van der Waals surface area contributed by atoms with Gasteiger partial charge in [-0.05, 0) is 56.4 Å². The van der Waals surface area contributed by atoms with E-state index in [-0.39, 0.29) is 0 Å². The van der Waals surface area contributed by atoms with E-state index >= 15 is 0 Å². The second-order valence-corrected chi connectivity index (χ2v) is 7.39. The molecule has 2 saturated heterocycles. The molecule has 102 valence electrons. The molecule has 2 nitrogen and oxygen atoms in total. The van der Waals surface area contributed by atoms with Crippen LogP contribution in [0.25, 0.3) is 0 Å². The molecule has 1 spiro atoms. The molecule has 0 aromatic rings. The monoisotopic (exact) mass is 248 g/mol. The van der Waals surface area contributed by atoms with Crippen molar-refractivity contribution in [3.8, 4) is 0 Å². The molecule has 2 heteroatoms. The first-order valence-electron chi connectivity index (χ1n) is 8.35. The van der Waals surface area contributed by atoms with Crippen LogP contribution in [0.1, 0.15) is 57.8 Å². The summed E-state index contributed by atoms with van der Waals surface area (Å²) in [5, 5.41) is 3.76. The SMILES string of the molecule is C1CCC2(CC1)CCC2N1C[C@@H]2CCCN[C@@H]2C1.